The summed E-state index contributed by atoms with van der Waals surface area (Å²) in [5, 5.41) is 0. The van der Waals surface area contributed by atoms with Gasteiger partial charge in [-0.05, 0) is 62.9 Å². The lowest BCUT2D eigenvalue weighted by molar-refractivity contribution is -0.130. The highest BCUT2D eigenvalue weighted by atomic mass is 16.2. The van der Waals surface area contributed by atoms with Crippen LogP contribution in [0.5, 0.6) is 0 Å². The van der Waals surface area contributed by atoms with Gasteiger partial charge in [-0.2, -0.15) is 4.99 Å². The number of rotatable bonds is 2. The quantitative estimate of drug-likeness (QED) is 0.753. The van der Waals surface area contributed by atoms with Crippen LogP contribution < -0.4 is 0 Å². The van der Waals surface area contributed by atoms with Crippen molar-refractivity contribution in [3.8, 4) is 0 Å². The van der Waals surface area contributed by atoms with Crippen molar-refractivity contribution in [1.82, 2.24) is 9.80 Å². The molecule has 6 nitrogen and oxygen atoms in total. The van der Waals surface area contributed by atoms with Gasteiger partial charge in [0, 0.05) is 24.7 Å². The lowest BCUT2D eigenvalue weighted by atomic mass is 9.68. The van der Waals surface area contributed by atoms with E-state index in [4.69, 9.17) is 0 Å². The minimum Gasteiger partial charge on any atom is -0.335 e. The number of allylic oxidation sites excluding steroid dienone is 1. The summed E-state index contributed by atoms with van der Waals surface area (Å²) < 4.78 is 0. The maximum absolute atomic E-state index is 13.3. The van der Waals surface area contributed by atoms with Gasteiger partial charge in [-0.1, -0.05) is 12.2 Å². The van der Waals surface area contributed by atoms with E-state index in [0.29, 0.717) is 29.8 Å². The largest absolute Gasteiger partial charge is 0.350 e. The summed E-state index contributed by atoms with van der Waals surface area (Å²) in [7, 11) is 0. The van der Waals surface area contributed by atoms with E-state index in [0.717, 1.165) is 36.1 Å². The fourth-order valence-electron chi connectivity index (χ4n) is 5.96. The smallest absolute Gasteiger partial charge is 0.335 e. The van der Waals surface area contributed by atoms with Crippen molar-refractivity contribution in [2.75, 3.05) is 13.1 Å². The van der Waals surface area contributed by atoms with E-state index < -0.39 is 11.9 Å². The number of hydrogen-bond acceptors (Lipinski definition) is 3. The maximum Gasteiger partial charge on any atom is 0.350 e. The summed E-state index contributed by atoms with van der Waals surface area (Å²) >= 11 is 0. The molecule has 6 aliphatic rings. The van der Waals surface area contributed by atoms with Crippen molar-refractivity contribution in [3.05, 3.63) is 23.8 Å². The molecule has 0 aromatic rings. The van der Waals surface area contributed by atoms with Gasteiger partial charge < -0.3 is 4.90 Å². The van der Waals surface area contributed by atoms with Crippen LogP contribution in [-0.4, -0.2) is 52.5 Å². The molecule has 6 rings (SSSR count). The molecule has 27 heavy (non-hydrogen) atoms. The number of carbonyl (C=O) groups excluding carboxylic acids is 3. The molecule has 0 spiro atoms. The monoisotopic (exact) mass is 367 g/mol. The molecule has 3 aliphatic heterocycles. The third-order valence-corrected chi connectivity index (χ3v) is 7.01. The van der Waals surface area contributed by atoms with Crippen molar-refractivity contribution in [2.24, 2.45) is 28.7 Å². The van der Waals surface area contributed by atoms with Crippen LogP contribution in [-0.2, 0) is 9.59 Å². The average molecular weight is 367 g/mol. The molecule has 2 saturated carbocycles. The third kappa shape index (κ3) is 2.68. The molecule has 0 aromatic carbocycles. The number of hydrogen-bond donors (Lipinski definition) is 0. The zero-order valence-electron chi connectivity index (χ0n) is 15.6. The van der Waals surface area contributed by atoms with Gasteiger partial charge in [0.2, 0.25) is 5.91 Å². The molecule has 6 heteroatoms. The van der Waals surface area contributed by atoms with Gasteiger partial charge in [0.25, 0.3) is 5.91 Å². The van der Waals surface area contributed by atoms with Crippen LogP contribution in [0.25, 0.3) is 0 Å². The fourth-order valence-corrected chi connectivity index (χ4v) is 5.96. The number of amides is 4. The molecule has 0 aromatic heterocycles. The van der Waals surface area contributed by atoms with Gasteiger partial charge in [-0.25, -0.2) is 4.79 Å². The summed E-state index contributed by atoms with van der Waals surface area (Å²) in [6.45, 7) is 2.92. The Morgan fingerprint density at radius 1 is 1.11 bits per heavy atom. The molecule has 3 atom stereocenters. The van der Waals surface area contributed by atoms with Crippen LogP contribution in [0.1, 0.15) is 39.0 Å². The van der Waals surface area contributed by atoms with Crippen LogP contribution >= 0.6 is 0 Å². The lowest BCUT2D eigenvalue weighted by Gasteiger charge is -2.39. The van der Waals surface area contributed by atoms with Gasteiger partial charge >= 0.3 is 6.03 Å². The van der Waals surface area contributed by atoms with Crippen molar-refractivity contribution in [2.45, 2.75) is 45.1 Å². The van der Waals surface area contributed by atoms with Crippen molar-refractivity contribution in [1.29, 1.82) is 0 Å². The third-order valence-electron chi connectivity index (χ3n) is 7.01. The Morgan fingerprint density at radius 3 is 2.52 bits per heavy atom. The van der Waals surface area contributed by atoms with E-state index in [1.165, 1.54) is 19.3 Å². The second-order valence-electron chi connectivity index (χ2n) is 8.73. The number of imide groups is 1. The summed E-state index contributed by atoms with van der Waals surface area (Å²) in [5.74, 6) is 1.42. The number of aliphatic imine (C=N–C) groups is 1. The first-order valence-electron chi connectivity index (χ1n) is 10.2. The van der Waals surface area contributed by atoms with Gasteiger partial charge in [0.1, 0.15) is 0 Å². The highest BCUT2D eigenvalue weighted by Gasteiger charge is 2.45. The highest BCUT2D eigenvalue weighted by Crippen LogP contribution is 2.47. The number of carbonyl (C=O) groups is 3. The molecule has 0 N–H and O–H groups in total. The highest BCUT2D eigenvalue weighted by molar-refractivity contribution is 6.23. The number of urea groups is 1. The summed E-state index contributed by atoms with van der Waals surface area (Å²) in [5.41, 5.74) is 0.956. The molecule has 3 unspecified atom stereocenters. The first-order chi connectivity index (χ1) is 13.0. The second-order valence-corrected chi connectivity index (χ2v) is 8.73. The normalized spacial score (nSPS) is 37.1. The van der Waals surface area contributed by atoms with E-state index in [1.54, 1.807) is 25.2 Å². The molecule has 4 bridgehead atoms. The van der Waals surface area contributed by atoms with Gasteiger partial charge in [0.05, 0.1) is 11.6 Å². The molecule has 3 heterocycles. The molecule has 0 radical (unpaired) electrons. The van der Waals surface area contributed by atoms with Crippen LogP contribution in [0.4, 0.5) is 4.79 Å². The van der Waals surface area contributed by atoms with Gasteiger partial charge in [-0.3, -0.25) is 14.5 Å². The van der Waals surface area contributed by atoms with Crippen molar-refractivity contribution in [3.63, 3.8) is 0 Å². The van der Waals surface area contributed by atoms with E-state index in [9.17, 15) is 14.4 Å². The topological polar surface area (TPSA) is 70.1 Å². The first-order valence-corrected chi connectivity index (χ1v) is 10.2. The zero-order valence-corrected chi connectivity index (χ0v) is 15.6. The summed E-state index contributed by atoms with van der Waals surface area (Å²) in [6, 6.07) is -0.189. The second kappa shape index (κ2) is 6.14. The predicted octanol–water partition coefficient (Wildman–Crippen LogP) is 2.56. The Bertz CT molecular complexity index is 797. The lowest BCUT2D eigenvalue weighted by Crippen LogP contribution is -2.47. The Balaban J connectivity index is 1.42. The molecular weight excluding hydrogens is 342 g/mol. The van der Waals surface area contributed by atoms with Gasteiger partial charge in [0.15, 0.2) is 0 Å². The van der Waals surface area contributed by atoms with E-state index in [-0.39, 0.29) is 11.8 Å². The minimum atomic E-state index is -0.546. The van der Waals surface area contributed by atoms with Gasteiger partial charge in [-0.15, -0.1) is 0 Å². The first kappa shape index (κ1) is 16.9. The van der Waals surface area contributed by atoms with Crippen molar-refractivity contribution >= 4 is 23.6 Å². The van der Waals surface area contributed by atoms with E-state index in [1.807, 2.05) is 0 Å². The fraction of sp³-hybridized carbons (Fsp3) is 0.619. The van der Waals surface area contributed by atoms with E-state index >= 15 is 0 Å². The summed E-state index contributed by atoms with van der Waals surface area (Å²) in [4.78, 5) is 45.1. The standard InChI is InChI=1S/C21H25N3O3/c1-2-23-20(26)17-4-3-15(10-18(17)22-21(23)27)19(25)24-11-14-6-12-5-13(7-14)9-16(24)8-12/h3-4,10,12-14,16-17H,2,5-9,11H2,1H3. The van der Waals surface area contributed by atoms with E-state index in [2.05, 4.69) is 9.89 Å². The molecule has 3 aliphatic carbocycles. The van der Waals surface area contributed by atoms with Crippen molar-refractivity contribution < 1.29 is 14.4 Å². The predicted molar refractivity (Wildman–Crippen MR) is 100.0 cm³/mol. The molecule has 142 valence electrons. The molecule has 4 fully saturated rings. The average Bonchev–Trinajstić information content (AvgIpc) is 2.84. The SMILES string of the molecule is CCN1C(=O)N=C2C=C(C(=O)N3CC4CC5CC(C4)CC3C5)C=CC2C1=O. The Morgan fingerprint density at radius 2 is 1.81 bits per heavy atom. The van der Waals surface area contributed by atoms with Crippen LogP contribution in [0, 0.1) is 23.7 Å². The molecule has 2 saturated heterocycles. The molecular formula is C21H25N3O3. The Hall–Kier alpha value is -2.24. The Labute approximate surface area is 159 Å². The van der Waals surface area contributed by atoms with Crippen LogP contribution in [0.3, 0.4) is 0 Å². The molecule has 4 amide bonds. The maximum atomic E-state index is 13.3. The minimum absolute atomic E-state index is 0.0309. The number of fused-ring (bicyclic) bond motifs is 2. The summed E-state index contributed by atoms with van der Waals surface area (Å²) in [6.07, 6.45) is 11.3. The van der Waals surface area contributed by atoms with Crippen LogP contribution in [0.15, 0.2) is 28.8 Å². The Kier molecular flexibility index (Phi) is 3.85. The van der Waals surface area contributed by atoms with Crippen LogP contribution in [0.2, 0.25) is 0 Å². The zero-order chi connectivity index (χ0) is 18.7. The number of nitrogens with zero attached hydrogens (tertiary/aromatic N) is 3.